The van der Waals surface area contributed by atoms with Crippen molar-refractivity contribution >= 4 is 16.6 Å². The van der Waals surface area contributed by atoms with Gasteiger partial charge in [0.2, 0.25) is 0 Å². The molecule has 0 amide bonds. The lowest BCUT2D eigenvalue weighted by Crippen LogP contribution is -2.13. The Kier molecular flexibility index (Phi) is 2.92. The van der Waals surface area contributed by atoms with Crippen molar-refractivity contribution in [3.05, 3.63) is 35.0 Å². The maximum absolute atomic E-state index is 12.9. The van der Waals surface area contributed by atoms with Crippen LogP contribution in [0, 0.1) is 6.92 Å². The van der Waals surface area contributed by atoms with Gasteiger partial charge in [0.15, 0.2) is 0 Å². The summed E-state index contributed by atoms with van der Waals surface area (Å²) in [6.07, 6.45) is -3.86. The van der Waals surface area contributed by atoms with E-state index in [0.717, 1.165) is 5.56 Å². The Hall–Kier alpha value is -1.78. The summed E-state index contributed by atoms with van der Waals surface area (Å²) in [6, 6.07) is 5.25. The van der Waals surface area contributed by atoms with E-state index in [9.17, 15) is 13.2 Å². The Bertz CT molecular complexity index is 603. The van der Waals surface area contributed by atoms with E-state index in [1.165, 1.54) is 6.92 Å². The van der Waals surface area contributed by atoms with Crippen LogP contribution in [-0.2, 0) is 12.6 Å². The highest BCUT2D eigenvalue weighted by molar-refractivity contribution is 5.94. The Labute approximate surface area is 103 Å². The summed E-state index contributed by atoms with van der Waals surface area (Å²) in [7, 11) is 0. The van der Waals surface area contributed by atoms with E-state index < -0.39 is 11.9 Å². The number of pyridine rings is 1. The van der Waals surface area contributed by atoms with Crippen molar-refractivity contribution in [2.75, 3.05) is 5.73 Å². The maximum atomic E-state index is 12.9. The molecule has 0 aliphatic rings. The molecule has 2 N–H and O–H groups in total. The van der Waals surface area contributed by atoms with Gasteiger partial charge in [0.25, 0.3) is 0 Å². The quantitative estimate of drug-likeness (QED) is 0.842. The fourth-order valence-corrected chi connectivity index (χ4v) is 2.03. The molecule has 1 heterocycles. The van der Waals surface area contributed by atoms with Crippen molar-refractivity contribution in [3.8, 4) is 0 Å². The summed E-state index contributed by atoms with van der Waals surface area (Å²) in [5.41, 5.74) is 6.16. The van der Waals surface area contributed by atoms with Gasteiger partial charge in [0, 0.05) is 16.6 Å². The van der Waals surface area contributed by atoms with E-state index in [-0.39, 0.29) is 11.3 Å². The Morgan fingerprint density at radius 3 is 2.50 bits per heavy atom. The molecule has 5 heteroatoms. The predicted octanol–water partition coefficient (Wildman–Crippen LogP) is 3.71. The number of hydrogen-bond donors (Lipinski definition) is 1. The number of halogens is 3. The minimum absolute atomic E-state index is 0.0109. The van der Waals surface area contributed by atoms with E-state index in [0.29, 0.717) is 17.3 Å². The van der Waals surface area contributed by atoms with Gasteiger partial charge in [0.05, 0.1) is 5.52 Å². The van der Waals surface area contributed by atoms with E-state index in [1.54, 1.807) is 18.2 Å². The minimum atomic E-state index is -4.48. The highest BCUT2D eigenvalue weighted by atomic mass is 19.4. The van der Waals surface area contributed by atoms with E-state index >= 15 is 0 Å². The average Bonchev–Trinajstić information content (AvgIpc) is 2.31. The van der Waals surface area contributed by atoms with Crippen molar-refractivity contribution in [2.24, 2.45) is 0 Å². The second-order valence-electron chi connectivity index (χ2n) is 4.16. The number of nitrogens with zero attached hydrogens (tertiary/aromatic N) is 1. The molecule has 2 rings (SSSR count). The molecule has 0 radical (unpaired) electrons. The summed E-state index contributed by atoms with van der Waals surface area (Å²) < 4.78 is 38.6. The smallest absolute Gasteiger partial charge is 0.398 e. The van der Waals surface area contributed by atoms with Gasteiger partial charge in [-0.15, -0.1) is 0 Å². The molecule has 0 spiro atoms. The van der Waals surface area contributed by atoms with Crippen LogP contribution in [0.4, 0.5) is 18.9 Å². The number of fused-ring (bicyclic) bond motifs is 1. The van der Waals surface area contributed by atoms with Gasteiger partial charge in [0.1, 0.15) is 5.69 Å². The largest absolute Gasteiger partial charge is 0.433 e. The molecule has 0 aliphatic carbocycles. The first kappa shape index (κ1) is 12.7. The maximum Gasteiger partial charge on any atom is 0.433 e. The van der Waals surface area contributed by atoms with Crippen LogP contribution in [0.5, 0.6) is 0 Å². The van der Waals surface area contributed by atoms with Crippen LogP contribution >= 0.6 is 0 Å². The van der Waals surface area contributed by atoms with Gasteiger partial charge in [-0.1, -0.05) is 25.1 Å². The lowest BCUT2D eigenvalue weighted by molar-refractivity contribution is -0.141. The molecule has 1 aromatic carbocycles. The second-order valence-corrected chi connectivity index (χ2v) is 4.16. The zero-order chi connectivity index (χ0) is 13.5. The Morgan fingerprint density at radius 1 is 1.28 bits per heavy atom. The average molecular weight is 254 g/mol. The first-order valence-corrected chi connectivity index (χ1v) is 5.61. The summed E-state index contributed by atoms with van der Waals surface area (Å²) in [5, 5.41) is 0.583. The molecule has 0 unspecified atom stereocenters. The summed E-state index contributed by atoms with van der Waals surface area (Å²) in [6.45, 7) is 3.23. The first-order chi connectivity index (χ1) is 8.36. The zero-order valence-electron chi connectivity index (χ0n) is 10.1. The van der Waals surface area contributed by atoms with E-state index in [1.807, 2.05) is 6.92 Å². The van der Waals surface area contributed by atoms with Crippen molar-refractivity contribution in [1.29, 1.82) is 0 Å². The van der Waals surface area contributed by atoms with E-state index in [2.05, 4.69) is 4.98 Å². The predicted molar refractivity (Wildman–Crippen MR) is 65.3 cm³/mol. The number of rotatable bonds is 1. The van der Waals surface area contributed by atoms with Crippen LogP contribution in [0.25, 0.3) is 10.9 Å². The number of benzene rings is 1. The number of aromatic nitrogens is 1. The molecule has 96 valence electrons. The van der Waals surface area contributed by atoms with Crippen LogP contribution < -0.4 is 5.73 Å². The van der Waals surface area contributed by atoms with E-state index in [4.69, 9.17) is 5.73 Å². The van der Waals surface area contributed by atoms with Crippen LogP contribution in [0.2, 0.25) is 0 Å². The molecule has 0 saturated carbocycles. The number of hydrogen-bond acceptors (Lipinski definition) is 2. The van der Waals surface area contributed by atoms with Crippen LogP contribution in [0.1, 0.15) is 23.7 Å². The van der Waals surface area contributed by atoms with Gasteiger partial charge in [-0.3, -0.25) is 0 Å². The SMILES string of the molecule is CCc1cccc2c(N)c(C)c(C(F)(F)F)nc12. The molecule has 0 atom stereocenters. The molecular formula is C13H13F3N2. The number of aryl methyl sites for hydroxylation is 1. The van der Waals surface area contributed by atoms with Crippen LogP contribution in [-0.4, -0.2) is 4.98 Å². The fourth-order valence-electron chi connectivity index (χ4n) is 2.03. The third kappa shape index (κ3) is 1.89. The third-order valence-corrected chi connectivity index (χ3v) is 3.04. The number of para-hydroxylation sites is 1. The normalized spacial score (nSPS) is 12.1. The fraction of sp³-hybridized carbons (Fsp3) is 0.308. The minimum Gasteiger partial charge on any atom is -0.398 e. The molecule has 1 aromatic heterocycles. The Morgan fingerprint density at radius 2 is 1.94 bits per heavy atom. The molecular weight excluding hydrogens is 241 g/mol. The molecule has 0 saturated heterocycles. The van der Waals surface area contributed by atoms with Crippen molar-refractivity contribution < 1.29 is 13.2 Å². The lowest BCUT2D eigenvalue weighted by atomic mass is 10.0. The molecule has 0 aliphatic heterocycles. The van der Waals surface area contributed by atoms with Crippen LogP contribution in [0.15, 0.2) is 18.2 Å². The van der Waals surface area contributed by atoms with Crippen molar-refractivity contribution in [3.63, 3.8) is 0 Å². The first-order valence-electron chi connectivity index (χ1n) is 5.61. The van der Waals surface area contributed by atoms with Crippen LogP contribution in [0.3, 0.4) is 0 Å². The third-order valence-electron chi connectivity index (χ3n) is 3.04. The molecule has 2 nitrogen and oxygen atoms in total. The second kappa shape index (κ2) is 4.15. The molecule has 0 bridgehead atoms. The highest BCUT2D eigenvalue weighted by Crippen LogP contribution is 2.36. The summed E-state index contributed by atoms with van der Waals surface area (Å²) in [4.78, 5) is 3.77. The molecule has 0 fully saturated rings. The van der Waals surface area contributed by atoms with Crippen molar-refractivity contribution in [1.82, 2.24) is 4.98 Å². The summed E-state index contributed by atoms with van der Waals surface area (Å²) >= 11 is 0. The monoisotopic (exact) mass is 254 g/mol. The lowest BCUT2D eigenvalue weighted by Gasteiger charge is -2.15. The van der Waals surface area contributed by atoms with Gasteiger partial charge >= 0.3 is 6.18 Å². The highest BCUT2D eigenvalue weighted by Gasteiger charge is 2.35. The topological polar surface area (TPSA) is 38.9 Å². The van der Waals surface area contributed by atoms with Gasteiger partial charge in [-0.2, -0.15) is 13.2 Å². The molecule has 2 aromatic rings. The number of alkyl halides is 3. The standard InChI is InChI=1S/C13H13F3N2/c1-3-8-5-4-6-9-10(17)7(2)12(13(14,15)16)18-11(8)9/h4-6H,3H2,1-2H3,(H2,17,18). The summed E-state index contributed by atoms with van der Waals surface area (Å²) in [5.74, 6) is 0. The zero-order valence-corrected chi connectivity index (χ0v) is 10.1. The number of anilines is 1. The molecule has 18 heavy (non-hydrogen) atoms. The van der Waals surface area contributed by atoms with Crippen molar-refractivity contribution in [2.45, 2.75) is 26.4 Å². The van der Waals surface area contributed by atoms with Gasteiger partial charge < -0.3 is 5.73 Å². The van der Waals surface area contributed by atoms with Gasteiger partial charge in [-0.25, -0.2) is 4.98 Å². The van der Waals surface area contributed by atoms with Gasteiger partial charge in [-0.05, 0) is 18.9 Å². The Balaban J connectivity index is 2.89. The number of nitrogens with two attached hydrogens (primary N) is 1. The number of nitrogen functional groups attached to an aromatic ring is 1.